The van der Waals surface area contributed by atoms with E-state index in [0.29, 0.717) is 5.71 Å². The third-order valence-corrected chi connectivity index (χ3v) is 4.25. The summed E-state index contributed by atoms with van der Waals surface area (Å²) >= 11 is 1.69. The maximum absolute atomic E-state index is 9.50. The third kappa shape index (κ3) is 2.65. The van der Waals surface area contributed by atoms with Crippen molar-refractivity contribution in [3.05, 3.63) is 77.9 Å². The van der Waals surface area contributed by atoms with Crippen LogP contribution < -0.4 is 0 Å². The van der Waals surface area contributed by atoms with Gasteiger partial charge in [-0.1, -0.05) is 59.8 Å². The van der Waals surface area contributed by atoms with E-state index < -0.39 is 0 Å². The van der Waals surface area contributed by atoms with Crippen LogP contribution in [-0.4, -0.2) is 17.2 Å². The van der Waals surface area contributed by atoms with Gasteiger partial charge in [0.15, 0.2) is 0 Å². The van der Waals surface area contributed by atoms with Crippen molar-refractivity contribution in [2.75, 3.05) is 6.26 Å². The van der Waals surface area contributed by atoms with Crippen LogP contribution in [0.25, 0.3) is 10.8 Å². The average Bonchev–Trinajstić information content (AvgIpc) is 2.56. The Balaban J connectivity index is 2.14. The van der Waals surface area contributed by atoms with Crippen molar-refractivity contribution in [1.29, 1.82) is 0 Å². The molecule has 104 valence electrons. The van der Waals surface area contributed by atoms with E-state index in [4.69, 9.17) is 0 Å². The first kappa shape index (κ1) is 13.7. The Hall–Kier alpha value is -2.26. The zero-order valence-corrected chi connectivity index (χ0v) is 12.5. The predicted octanol–water partition coefficient (Wildman–Crippen LogP) is 4.79. The molecule has 2 nitrogen and oxygen atoms in total. The number of benzene rings is 3. The molecule has 3 rings (SSSR count). The number of fused-ring (bicyclic) bond motifs is 1. The molecule has 0 spiro atoms. The molecule has 0 unspecified atom stereocenters. The molecule has 0 radical (unpaired) electrons. The van der Waals surface area contributed by atoms with Crippen LogP contribution in [0.3, 0.4) is 0 Å². The van der Waals surface area contributed by atoms with Crippen LogP contribution in [0.2, 0.25) is 0 Å². The fraction of sp³-hybridized carbons (Fsp3) is 0.0556. The van der Waals surface area contributed by atoms with Crippen LogP contribution in [0.4, 0.5) is 0 Å². The fourth-order valence-corrected chi connectivity index (χ4v) is 2.86. The highest BCUT2D eigenvalue weighted by Gasteiger charge is 2.11. The lowest BCUT2D eigenvalue weighted by Gasteiger charge is -2.09. The van der Waals surface area contributed by atoms with Gasteiger partial charge in [0.2, 0.25) is 0 Å². The second kappa shape index (κ2) is 6.02. The Kier molecular flexibility index (Phi) is 3.93. The van der Waals surface area contributed by atoms with Crippen LogP contribution in [0.1, 0.15) is 11.1 Å². The standard InChI is InChI=1S/C18H15NOS/c1-21-15-11-9-14(10-12-15)18(19-20)17-8-4-6-13-5-2-3-7-16(13)17/h2-12,20H,1H3. The largest absolute Gasteiger partial charge is 0.410 e. The lowest BCUT2D eigenvalue weighted by atomic mass is 9.97. The summed E-state index contributed by atoms with van der Waals surface area (Å²) in [6, 6.07) is 22.2. The summed E-state index contributed by atoms with van der Waals surface area (Å²) in [6.45, 7) is 0. The summed E-state index contributed by atoms with van der Waals surface area (Å²) < 4.78 is 0. The van der Waals surface area contributed by atoms with Gasteiger partial charge in [0, 0.05) is 16.0 Å². The van der Waals surface area contributed by atoms with Gasteiger partial charge in [0.05, 0.1) is 0 Å². The molecule has 0 heterocycles. The van der Waals surface area contributed by atoms with Crippen LogP contribution >= 0.6 is 11.8 Å². The molecule has 0 amide bonds. The van der Waals surface area contributed by atoms with Gasteiger partial charge in [-0.25, -0.2) is 0 Å². The molecule has 0 aliphatic heterocycles. The Morgan fingerprint density at radius 2 is 1.62 bits per heavy atom. The maximum atomic E-state index is 9.50. The second-order valence-electron chi connectivity index (χ2n) is 4.70. The summed E-state index contributed by atoms with van der Waals surface area (Å²) in [6.07, 6.45) is 2.04. The zero-order valence-electron chi connectivity index (χ0n) is 11.7. The maximum Gasteiger partial charge on any atom is 0.117 e. The van der Waals surface area contributed by atoms with Crippen molar-refractivity contribution >= 4 is 28.2 Å². The van der Waals surface area contributed by atoms with Crippen LogP contribution in [0.5, 0.6) is 0 Å². The average molecular weight is 293 g/mol. The number of oxime groups is 1. The highest BCUT2D eigenvalue weighted by molar-refractivity contribution is 7.98. The van der Waals surface area contributed by atoms with Crippen LogP contribution in [0, 0.1) is 0 Å². The lowest BCUT2D eigenvalue weighted by molar-refractivity contribution is 0.319. The number of thioether (sulfide) groups is 1. The van der Waals surface area contributed by atoms with Gasteiger partial charge in [-0.2, -0.15) is 0 Å². The highest BCUT2D eigenvalue weighted by Crippen LogP contribution is 2.23. The molecule has 3 aromatic rings. The molecule has 1 N–H and O–H groups in total. The van der Waals surface area contributed by atoms with Crippen molar-refractivity contribution in [3.63, 3.8) is 0 Å². The fourth-order valence-electron chi connectivity index (χ4n) is 2.45. The van der Waals surface area contributed by atoms with Crippen LogP contribution in [0.15, 0.2) is 76.8 Å². The van der Waals surface area contributed by atoms with Gasteiger partial charge in [0.1, 0.15) is 5.71 Å². The monoisotopic (exact) mass is 293 g/mol. The van der Waals surface area contributed by atoms with E-state index in [1.807, 2.05) is 60.9 Å². The Bertz CT molecular complexity index is 788. The van der Waals surface area contributed by atoms with Gasteiger partial charge >= 0.3 is 0 Å². The number of hydrogen-bond donors (Lipinski definition) is 1. The topological polar surface area (TPSA) is 32.6 Å². The predicted molar refractivity (Wildman–Crippen MR) is 89.6 cm³/mol. The molecular formula is C18H15NOS. The van der Waals surface area contributed by atoms with Crippen molar-refractivity contribution in [3.8, 4) is 0 Å². The van der Waals surface area contributed by atoms with Crippen molar-refractivity contribution in [2.45, 2.75) is 4.90 Å². The Labute approximate surface area is 128 Å². The minimum absolute atomic E-state index is 0.597. The number of hydrogen-bond acceptors (Lipinski definition) is 3. The molecule has 0 aliphatic rings. The van der Waals surface area contributed by atoms with Gasteiger partial charge in [0.25, 0.3) is 0 Å². The SMILES string of the molecule is CSc1ccc(C(=NO)c2cccc3ccccc23)cc1. The lowest BCUT2D eigenvalue weighted by Crippen LogP contribution is -2.04. The highest BCUT2D eigenvalue weighted by atomic mass is 32.2. The molecule has 0 fully saturated rings. The summed E-state index contributed by atoms with van der Waals surface area (Å²) in [5.74, 6) is 0. The molecule has 3 aromatic carbocycles. The van der Waals surface area contributed by atoms with E-state index in [2.05, 4.69) is 17.3 Å². The van der Waals surface area contributed by atoms with Crippen molar-refractivity contribution < 1.29 is 5.21 Å². The normalized spacial score (nSPS) is 11.8. The molecule has 0 aromatic heterocycles. The summed E-state index contributed by atoms with van der Waals surface area (Å²) in [4.78, 5) is 1.19. The van der Waals surface area contributed by atoms with E-state index in [1.54, 1.807) is 11.8 Å². The zero-order chi connectivity index (χ0) is 14.7. The molecule has 0 aliphatic carbocycles. The molecule has 0 saturated carbocycles. The van der Waals surface area contributed by atoms with Gasteiger partial charge < -0.3 is 5.21 Å². The first-order valence-corrected chi connectivity index (χ1v) is 7.90. The van der Waals surface area contributed by atoms with E-state index >= 15 is 0 Å². The van der Waals surface area contributed by atoms with Crippen LogP contribution in [-0.2, 0) is 0 Å². The molecule has 21 heavy (non-hydrogen) atoms. The molecule has 0 saturated heterocycles. The molecular weight excluding hydrogens is 278 g/mol. The van der Waals surface area contributed by atoms with E-state index in [0.717, 1.165) is 21.9 Å². The smallest absolute Gasteiger partial charge is 0.117 e. The Morgan fingerprint density at radius 3 is 2.33 bits per heavy atom. The summed E-state index contributed by atoms with van der Waals surface area (Å²) in [7, 11) is 0. The van der Waals surface area contributed by atoms with E-state index in [1.165, 1.54) is 4.90 Å². The minimum Gasteiger partial charge on any atom is -0.410 e. The number of rotatable bonds is 3. The first-order valence-electron chi connectivity index (χ1n) is 6.68. The minimum atomic E-state index is 0.597. The molecule has 0 bridgehead atoms. The first-order chi connectivity index (χ1) is 10.3. The van der Waals surface area contributed by atoms with Crippen molar-refractivity contribution in [1.82, 2.24) is 0 Å². The van der Waals surface area contributed by atoms with E-state index in [-0.39, 0.29) is 0 Å². The summed E-state index contributed by atoms with van der Waals surface area (Å²) in [5.41, 5.74) is 2.44. The van der Waals surface area contributed by atoms with Crippen molar-refractivity contribution in [2.24, 2.45) is 5.16 Å². The van der Waals surface area contributed by atoms with Gasteiger partial charge in [-0.3, -0.25) is 0 Å². The quantitative estimate of drug-likeness (QED) is 0.326. The van der Waals surface area contributed by atoms with E-state index in [9.17, 15) is 5.21 Å². The Morgan fingerprint density at radius 1 is 0.905 bits per heavy atom. The van der Waals surface area contributed by atoms with Gasteiger partial charge in [-0.05, 0) is 29.2 Å². The third-order valence-electron chi connectivity index (χ3n) is 3.51. The summed E-state index contributed by atoms with van der Waals surface area (Å²) in [5, 5.41) is 15.3. The second-order valence-corrected chi connectivity index (χ2v) is 5.58. The molecule has 0 atom stereocenters. The molecule has 3 heteroatoms. The van der Waals surface area contributed by atoms with Gasteiger partial charge in [-0.15, -0.1) is 11.8 Å². The number of nitrogens with zero attached hydrogens (tertiary/aromatic N) is 1.